The Hall–Kier alpha value is -2.08. The maximum absolute atomic E-state index is 11.7. The Morgan fingerprint density at radius 3 is 2.53 bits per heavy atom. The fourth-order valence-corrected chi connectivity index (χ4v) is 2.57. The smallest absolute Gasteiger partial charge is 0.177 e. The van der Waals surface area contributed by atoms with Gasteiger partial charge in [0.2, 0.25) is 0 Å². The zero-order valence-corrected chi connectivity index (χ0v) is 11.5. The summed E-state index contributed by atoms with van der Waals surface area (Å²) in [5.41, 5.74) is 7.78. The molecule has 6 heteroatoms. The van der Waals surface area contributed by atoms with E-state index in [2.05, 4.69) is 10.3 Å². The van der Waals surface area contributed by atoms with Gasteiger partial charge in [-0.1, -0.05) is 12.1 Å². The second-order valence-electron chi connectivity index (χ2n) is 4.26. The standard InChI is InChI=1S/C13H15N3O2S/c1-9-10(7-8-15-13(9)14)16-11-5-3-4-6-12(11)19(2,17)18/h3-8H,1-2H3,(H3,14,15,16). The van der Waals surface area contributed by atoms with Crippen LogP contribution in [-0.4, -0.2) is 19.7 Å². The molecule has 19 heavy (non-hydrogen) atoms. The number of pyridine rings is 1. The molecule has 0 spiro atoms. The van der Waals surface area contributed by atoms with Crippen molar-refractivity contribution in [1.29, 1.82) is 0 Å². The van der Waals surface area contributed by atoms with Gasteiger partial charge in [-0.2, -0.15) is 0 Å². The lowest BCUT2D eigenvalue weighted by Crippen LogP contribution is -2.04. The van der Waals surface area contributed by atoms with E-state index in [1.165, 1.54) is 6.26 Å². The average Bonchev–Trinajstić information content (AvgIpc) is 2.34. The molecule has 5 nitrogen and oxygen atoms in total. The molecule has 0 aliphatic carbocycles. The van der Waals surface area contributed by atoms with Gasteiger partial charge < -0.3 is 11.1 Å². The van der Waals surface area contributed by atoms with Gasteiger partial charge in [0.25, 0.3) is 0 Å². The first kappa shape index (κ1) is 13.4. The van der Waals surface area contributed by atoms with Crippen molar-refractivity contribution in [3.05, 3.63) is 42.1 Å². The minimum Gasteiger partial charge on any atom is -0.383 e. The summed E-state index contributed by atoms with van der Waals surface area (Å²) in [4.78, 5) is 4.23. The predicted octanol–water partition coefficient (Wildman–Crippen LogP) is 2.12. The van der Waals surface area contributed by atoms with Crippen molar-refractivity contribution in [2.45, 2.75) is 11.8 Å². The summed E-state index contributed by atoms with van der Waals surface area (Å²) >= 11 is 0. The normalized spacial score (nSPS) is 11.3. The van der Waals surface area contributed by atoms with Gasteiger partial charge in [-0.15, -0.1) is 0 Å². The largest absolute Gasteiger partial charge is 0.383 e. The van der Waals surface area contributed by atoms with E-state index in [1.807, 2.05) is 6.92 Å². The maximum Gasteiger partial charge on any atom is 0.177 e. The van der Waals surface area contributed by atoms with Crippen LogP contribution in [0.5, 0.6) is 0 Å². The van der Waals surface area contributed by atoms with Crippen molar-refractivity contribution in [2.24, 2.45) is 0 Å². The van der Waals surface area contributed by atoms with Crippen LogP contribution in [0.15, 0.2) is 41.4 Å². The van der Waals surface area contributed by atoms with Gasteiger partial charge in [-0.05, 0) is 25.1 Å². The summed E-state index contributed by atoms with van der Waals surface area (Å²) in [5.74, 6) is 0.418. The van der Waals surface area contributed by atoms with Crippen LogP contribution in [0.2, 0.25) is 0 Å². The molecule has 0 amide bonds. The molecule has 0 aliphatic rings. The third kappa shape index (κ3) is 2.85. The van der Waals surface area contributed by atoms with Crippen molar-refractivity contribution < 1.29 is 8.42 Å². The van der Waals surface area contributed by atoms with Gasteiger partial charge in [0.05, 0.1) is 10.6 Å². The molecule has 100 valence electrons. The van der Waals surface area contributed by atoms with Crippen LogP contribution >= 0.6 is 0 Å². The molecule has 2 rings (SSSR count). The Kier molecular flexibility index (Phi) is 3.44. The fraction of sp³-hybridized carbons (Fsp3) is 0.154. The molecule has 0 unspecified atom stereocenters. The van der Waals surface area contributed by atoms with Crippen molar-refractivity contribution in [2.75, 3.05) is 17.3 Å². The third-order valence-corrected chi connectivity index (χ3v) is 3.95. The second-order valence-corrected chi connectivity index (χ2v) is 6.25. The molecule has 3 N–H and O–H groups in total. The number of sulfone groups is 1. The summed E-state index contributed by atoms with van der Waals surface area (Å²) in [7, 11) is -3.29. The Morgan fingerprint density at radius 2 is 1.84 bits per heavy atom. The number of nitrogens with zero attached hydrogens (tertiary/aromatic N) is 1. The van der Waals surface area contributed by atoms with Gasteiger partial charge in [0.15, 0.2) is 9.84 Å². The Morgan fingerprint density at radius 1 is 1.16 bits per heavy atom. The minimum atomic E-state index is -3.29. The van der Waals surface area contributed by atoms with Gasteiger partial charge in [-0.3, -0.25) is 0 Å². The molecule has 0 atom stereocenters. The van der Waals surface area contributed by atoms with E-state index in [9.17, 15) is 8.42 Å². The van der Waals surface area contributed by atoms with Crippen LogP contribution in [0.25, 0.3) is 0 Å². The minimum absolute atomic E-state index is 0.254. The number of para-hydroxylation sites is 1. The van der Waals surface area contributed by atoms with E-state index in [0.717, 1.165) is 11.3 Å². The van der Waals surface area contributed by atoms with Gasteiger partial charge in [-0.25, -0.2) is 13.4 Å². The molecule has 1 aromatic heterocycles. The van der Waals surface area contributed by atoms with Crippen LogP contribution < -0.4 is 11.1 Å². The van der Waals surface area contributed by atoms with Crippen molar-refractivity contribution in [3.8, 4) is 0 Å². The Balaban J connectivity index is 2.48. The quantitative estimate of drug-likeness (QED) is 0.897. The molecule has 0 aliphatic heterocycles. The fourth-order valence-electron chi connectivity index (χ4n) is 1.73. The first-order valence-corrected chi connectivity index (χ1v) is 7.56. The molecule has 0 radical (unpaired) electrons. The van der Waals surface area contributed by atoms with Gasteiger partial charge >= 0.3 is 0 Å². The Bertz CT molecular complexity index is 712. The van der Waals surface area contributed by atoms with E-state index in [0.29, 0.717) is 11.5 Å². The van der Waals surface area contributed by atoms with Crippen molar-refractivity contribution >= 4 is 27.0 Å². The van der Waals surface area contributed by atoms with E-state index in [1.54, 1.807) is 36.5 Å². The second kappa shape index (κ2) is 4.89. The van der Waals surface area contributed by atoms with Crippen molar-refractivity contribution in [3.63, 3.8) is 0 Å². The molecule has 2 aromatic rings. The van der Waals surface area contributed by atoms with Crippen LogP contribution in [-0.2, 0) is 9.84 Å². The highest BCUT2D eigenvalue weighted by Gasteiger charge is 2.13. The van der Waals surface area contributed by atoms with Gasteiger partial charge in [0, 0.05) is 23.7 Å². The molecule has 1 aromatic carbocycles. The molecular formula is C13H15N3O2S. The topological polar surface area (TPSA) is 85.1 Å². The number of aromatic nitrogens is 1. The molecule has 0 fully saturated rings. The molecule has 1 heterocycles. The number of hydrogen-bond donors (Lipinski definition) is 2. The zero-order valence-electron chi connectivity index (χ0n) is 10.7. The number of nitrogens with one attached hydrogen (secondary N) is 1. The monoisotopic (exact) mass is 277 g/mol. The first-order chi connectivity index (χ1) is 8.89. The van der Waals surface area contributed by atoms with Crippen LogP contribution in [0.4, 0.5) is 17.2 Å². The average molecular weight is 277 g/mol. The van der Waals surface area contributed by atoms with Crippen molar-refractivity contribution in [1.82, 2.24) is 4.98 Å². The SMILES string of the molecule is Cc1c(Nc2ccccc2S(C)(=O)=O)ccnc1N. The van der Waals surface area contributed by atoms with Crippen LogP contribution in [0.1, 0.15) is 5.56 Å². The number of nitrogen functional groups attached to an aromatic ring is 1. The summed E-state index contributed by atoms with van der Waals surface area (Å²) in [6.45, 7) is 1.83. The number of hydrogen-bond acceptors (Lipinski definition) is 5. The summed E-state index contributed by atoms with van der Waals surface area (Å²) in [5, 5.41) is 3.09. The maximum atomic E-state index is 11.7. The molecule has 0 bridgehead atoms. The number of anilines is 3. The molecule has 0 saturated carbocycles. The lowest BCUT2D eigenvalue weighted by Gasteiger charge is -2.13. The number of benzene rings is 1. The third-order valence-electron chi connectivity index (χ3n) is 2.80. The van der Waals surface area contributed by atoms with Crippen LogP contribution in [0.3, 0.4) is 0 Å². The molecular weight excluding hydrogens is 262 g/mol. The van der Waals surface area contributed by atoms with E-state index in [-0.39, 0.29) is 4.90 Å². The lowest BCUT2D eigenvalue weighted by atomic mass is 10.2. The summed E-state index contributed by atoms with van der Waals surface area (Å²) in [6.07, 6.45) is 2.76. The van der Waals surface area contributed by atoms with Gasteiger partial charge in [0.1, 0.15) is 5.82 Å². The van der Waals surface area contributed by atoms with E-state index in [4.69, 9.17) is 5.73 Å². The number of rotatable bonds is 3. The highest BCUT2D eigenvalue weighted by atomic mass is 32.2. The van der Waals surface area contributed by atoms with E-state index < -0.39 is 9.84 Å². The highest BCUT2D eigenvalue weighted by molar-refractivity contribution is 7.90. The highest BCUT2D eigenvalue weighted by Crippen LogP contribution is 2.27. The lowest BCUT2D eigenvalue weighted by molar-refractivity contribution is 0.602. The van der Waals surface area contributed by atoms with E-state index >= 15 is 0 Å². The zero-order chi connectivity index (χ0) is 14.0. The summed E-state index contributed by atoms with van der Waals surface area (Å²) in [6, 6.07) is 8.50. The summed E-state index contributed by atoms with van der Waals surface area (Å²) < 4.78 is 23.4. The first-order valence-electron chi connectivity index (χ1n) is 5.67. The van der Waals surface area contributed by atoms with Crippen LogP contribution in [0, 0.1) is 6.92 Å². The predicted molar refractivity (Wildman–Crippen MR) is 76.2 cm³/mol. The molecule has 0 saturated heterocycles. The Labute approximate surface area is 112 Å². The number of nitrogens with two attached hydrogens (primary N) is 1.